The third kappa shape index (κ3) is 26.0. The first kappa shape index (κ1) is 64.7. The molecule has 0 N–H and O–H groups in total. The highest BCUT2D eigenvalue weighted by Crippen LogP contribution is 2.42. The van der Waals surface area contributed by atoms with Crippen molar-refractivity contribution in [3.05, 3.63) is 143 Å². The van der Waals surface area contributed by atoms with Gasteiger partial charge in [0, 0.05) is 29.4 Å². The van der Waals surface area contributed by atoms with Crippen LogP contribution in [0.3, 0.4) is 0 Å². The standard InChI is InChI=1S/C20H38.C18H24N2.C18H28O2.C18H22/c1-3-4-5-6-7-8-18-11-15-20(16-12-18)19-13-9-17(2)10-14-19;2*1-3-4-5-6-7-8-16-13-19-18(20-14-16)17-11-9-15(2)10-12-17;1-3-4-5-6-16-9-13-18(14-10-16)17-11-7-15(2)8-12-17/h17-20H,3-16H2,1-2H3;9-14H,3-8H2,1-2H3;9-12,16,18H,3-8,13-14H2,1-2H3;7-14H,3-6H2,1-2H3. The zero-order valence-corrected chi connectivity index (χ0v) is 51.2. The number of benzene rings is 4. The SMILES string of the molecule is CCCCCCCC1CCC(C2CCC(C)CC2)CC1.CCCCCCCC1COC(c2ccc(C)cc2)OC1.CCCCCCCc1cnc(-c2ccc(C)cc2)nc1.CCCCCc1ccc(-c2ccc(C)cc2)cc1. The van der Waals surface area contributed by atoms with Crippen molar-refractivity contribution in [3.63, 3.8) is 0 Å². The highest BCUT2D eigenvalue weighted by molar-refractivity contribution is 5.64. The molecular formula is C74H112N2O2. The van der Waals surface area contributed by atoms with Gasteiger partial charge in [-0.05, 0) is 124 Å². The van der Waals surface area contributed by atoms with Crippen molar-refractivity contribution in [2.24, 2.45) is 29.6 Å². The molecule has 5 aromatic rings. The lowest BCUT2D eigenvalue weighted by molar-refractivity contribution is -0.206. The van der Waals surface area contributed by atoms with Crippen LogP contribution in [-0.4, -0.2) is 23.2 Å². The fourth-order valence-corrected chi connectivity index (χ4v) is 11.9. The zero-order chi connectivity index (χ0) is 55.4. The van der Waals surface area contributed by atoms with E-state index in [1.54, 1.807) is 38.5 Å². The monoisotopic (exact) mass is 1060 g/mol. The number of unbranched alkanes of at least 4 members (excludes halogenated alkanes) is 14. The molecule has 4 heteroatoms. The van der Waals surface area contributed by atoms with Gasteiger partial charge in [-0.1, -0.05) is 283 Å². The molecule has 0 radical (unpaired) electrons. The van der Waals surface area contributed by atoms with Gasteiger partial charge in [0.25, 0.3) is 0 Å². The maximum Gasteiger partial charge on any atom is 0.183 e. The minimum atomic E-state index is -0.160. The van der Waals surface area contributed by atoms with Crippen LogP contribution in [0.2, 0.25) is 0 Å². The van der Waals surface area contributed by atoms with Crippen LogP contribution in [0.5, 0.6) is 0 Å². The molecule has 2 saturated carbocycles. The average molecular weight is 1060 g/mol. The number of rotatable bonds is 26. The quantitative estimate of drug-likeness (QED) is 0.0518. The van der Waals surface area contributed by atoms with Crippen LogP contribution in [0.4, 0.5) is 0 Å². The minimum absolute atomic E-state index is 0.160. The van der Waals surface area contributed by atoms with Crippen LogP contribution in [-0.2, 0) is 22.3 Å². The van der Waals surface area contributed by atoms with Crippen molar-refractivity contribution in [1.82, 2.24) is 9.97 Å². The number of ether oxygens (including phenoxy) is 2. The minimum Gasteiger partial charge on any atom is -0.348 e. The van der Waals surface area contributed by atoms with Crippen LogP contribution >= 0.6 is 0 Å². The first-order valence-corrected chi connectivity index (χ1v) is 32.5. The second-order valence-corrected chi connectivity index (χ2v) is 24.4. The Bertz CT molecular complexity index is 2190. The predicted molar refractivity (Wildman–Crippen MR) is 337 cm³/mol. The molecule has 2 aliphatic carbocycles. The van der Waals surface area contributed by atoms with Crippen LogP contribution < -0.4 is 0 Å². The number of hydrogen-bond donors (Lipinski definition) is 0. The summed E-state index contributed by atoms with van der Waals surface area (Å²) >= 11 is 0. The molecule has 0 spiro atoms. The van der Waals surface area contributed by atoms with Crippen molar-refractivity contribution < 1.29 is 9.47 Å². The zero-order valence-electron chi connectivity index (χ0n) is 51.2. The maximum atomic E-state index is 5.87. The lowest BCUT2D eigenvalue weighted by Gasteiger charge is -2.37. The Kier molecular flexibility index (Phi) is 32.6. The van der Waals surface area contributed by atoms with Crippen LogP contribution in [0.15, 0.2) is 109 Å². The summed E-state index contributed by atoms with van der Waals surface area (Å²) < 4.78 is 11.7. The molecule has 1 saturated heterocycles. The molecule has 8 rings (SSSR count). The van der Waals surface area contributed by atoms with Crippen molar-refractivity contribution in [2.45, 2.75) is 254 Å². The van der Waals surface area contributed by atoms with Gasteiger partial charge in [0.15, 0.2) is 12.1 Å². The van der Waals surface area contributed by atoms with E-state index in [0.717, 1.165) is 60.3 Å². The average Bonchev–Trinajstić information content (AvgIpc) is 3.48. The van der Waals surface area contributed by atoms with E-state index in [-0.39, 0.29) is 6.29 Å². The molecule has 4 aromatic carbocycles. The number of hydrogen-bond acceptors (Lipinski definition) is 4. The Labute approximate surface area is 479 Å². The second-order valence-electron chi connectivity index (χ2n) is 24.4. The molecule has 1 aromatic heterocycles. The topological polar surface area (TPSA) is 44.2 Å². The van der Waals surface area contributed by atoms with Gasteiger partial charge in [0.1, 0.15) is 0 Å². The molecule has 3 aliphatic rings. The third-order valence-corrected chi connectivity index (χ3v) is 17.4. The van der Waals surface area contributed by atoms with E-state index in [2.05, 4.69) is 162 Å². The van der Waals surface area contributed by atoms with E-state index in [9.17, 15) is 0 Å². The number of aromatic nitrogens is 2. The predicted octanol–water partition coefficient (Wildman–Crippen LogP) is 22.4. The van der Waals surface area contributed by atoms with Gasteiger partial charge in [0.2, 0.25) is 0 Å². The van der Waals surface area contributed by atoms with Gasteiger partial charge in [-0.2, -0.15) is 0 Å². The molecular weight excluding hydrogens is 949 g/mol. The van der Waals surface area contributed by atoms with Crippen LogP contribution in [0.25, 0.3) is 22.5 Å². The number of aryl methyl sites for hydroxylation is 5. The first-order valence-electron chi connectivity index (χ1n) is 32.5. The smallest absolute Gasteiger partial charge is 0.183 e. The Morgan fingerprint density at radius 1 is 0.385 bits per heavy atom. The summed E-state index contributed by atoms with van der Waals surface area (Å²) in [7, 11) is 0. The molecule has 430 valence electrons. The summed E-state index contributed by atoms with van der Waals surface area (Å²) in [6, 6.07) is 34.5. The lowest BCUT2D eigenvalue weighted by atomic mass is 9.69. The number of nitrogens with zero attached hydrogens (tertiary/aromatic N) is 2. The van der Waals surface area contributed by atoms with Crippen molar-refractivity contribution in [1.29, 1.82) is 0 Å². The van der Waals surface area contributed by atoms with Crippen LogP contribution in [0.1, 0.15) is 254 Å². The first-order chi connectivity index (χ1) is 38.2. The third-order valence-electron chi connectivity index (χ3n) is 17.4. The van der Waals surface area contributed by atoms with Crippen molar-refractivity contribution >= 4 is 0 Å². The molecule has 0 bridgehead atoms. The van der Waals surface area contributed by atoms with E-state index < -0.39 is 0 Å². The normalized spacial score (nSPS) is 20.1. The fourth-order valence-electron chi connectivity index (χ4n) is 11.9. The van der Waals surface area contributed by atoms with E-state index in [4.69, 9.17) is 9.47 Å². The highest BCUT2D eigenvalue weighted by Gasteiger charge is 2.30. The van der Waals surface area contributed by atoms with Gasteiger partial charge in [-0.25, -0.2) is 9.97 Å². The molecule has 0 amide bonds. The molecule has 2 heterocycles. The molecule has 3 fully saturated rings. The molecule has 78 heavy (non-hydrogen) atoms. The summed E-state index contributed by atoms with van der Waals surface area (Å²) in [4.78, 5) is 8.97. The van der Waals surface area contributed by atoms with E-state index in [1.165, 1.54) is 187 Å². The van der Waals surface area contributed by atoms with Gasteiger partial charge in [-0.3, -0.25) is 0 Å². The molecule has 1 aliphatic heterocycles. The molecule has 0 atom stereocenters. The maximum absolute atomic E-state index is 5.87. The van der Waals surface area contributed by atoms with Crippen molar-refractivity contribution in [2.75, 3.05) is 13.2 Å². The largest absolute Gasteiger partial charge is 0.348 e. The van der Waals surface area contributed by atoms with E-state index in [0.29, 0.717) is 5.92 Å². The fraction of sp³-hybridized carbons (Fsp3) is 0.622. The Hall–Kier alpha value is -4.12. The van der Waals surface area contributed by atoms with Crippen molar-refractivity contribution in [3.8, 4) is 22.5 Å². The van der Waals surface area contributed by atoms with Gasteiger partial charge in [0.05, 0.1) is 13.2 Å². The summed E-state index contributed by atoms with van der Waals surface area (Å²) in [6.07, 6.45) is 45.8. The van der Waals surface area contributed by atoms with Crippen LogP contribution in [0, 0.1) is 50.4 Å². The van der Waals surface area contributed by atoms with E-state index in [1.807, 2.05) is 12.4 Å². The summed E-state index contributed by atoms with van der Waals surface area (Å²) in [5.41, 5.74) is 11.4. The Morgan fingerprint density at radius 2 is 0.769 bits per heavy atom. The highest BCUT2D eigenvalue weighted by atomic mass is 16.7. The summed E-state index contributed by atoms with van der Waals surface area (Å²) in [5.74, 6) is 5.73. The molecule has 0 unspecified atom stereocenters. The van der Waals surface area contributed by atoms with Gasteiger partial charge >= 0.3 is 0 Å². The Balaban J connectivity index is 0.000000192. The van der Waals surface area contributed by atoms with Gasteiger partial charge in [-0.15, -0.1) is 0 Å². The summed E-state index contributed by atoms with van der Waals surface area (Å²) in [6.45, 7) is 19.5. The van der Waals surface area contributed by atoms with E-state index >= 15 is 0 Å². The van der Waals surface area contributed by atoms with Gasteiger partial charge < -0.3 is 9.47 Å². The lowest BCUT2D eigenvalue weighted by Crippen LogP contribution is -2.27. The molecule has 4 nitrogen and oxygen atoms in total. The Morgan fingerprint density at radius 3 is 1.27 bits per heavy atom. The second kappa shape index (κ2) is 39.3. The summed E-state index contributed by atoms with van der Waals surface area (Å²) in [5, 5.41) is 0.